The van der Waals surface area contributed by atoms with E-state index < -0.39 is 5.60 Å². The maximum absolute atomic E-state index is 11.7. The van der Waals surface area contributed by atoms with Gasteiger partial charge in [0.25, 0.3) is 0 Å². The lowest BCUT2D eigenvalue weighted by atomic mass is 9.84. The Morgan fingerprint density at radius 2 is 2.20 bits per heavy atom. The number of rotatable bonds is 3. The van der Waals surface area contributed by atoms with Crippen LogP contribution in [0, 0.1) is 5.92 Å². The molecule has 0 saturated carbocycles. The molecule has 1 N–H and O–H groups in total. The van der Waals surface area contributed by atoms with E-state index in [1.54, 1.807) is 0 Å². The van der Waals surface area contributed by atoms with E-state index in [-0.39, 0.29) is 11.8 Å². The number of carbonyl (C=O) groups is 1. The molecule has 1 unspecified atom stereocenters. The van der Waals surface area contributed by atoms with Gasteiger partial charge in [0.2, 0.25) is 5.91 Å². The van der Waals surface area contributed by atoms with Crippen molar-refractivity contribution in [2.24, 2.45) is 5.92 Å². The Labute approximate surface area is 92.5 Å². The van der Waals surface area contributed by atoms with Gasteiger partial charge in [-0.15, -0.1) is 0 Å². The van der Waals surface area contributed by atoms with E-state index in [0.717, 1.165) is 32.4 Å². The summed E-state index contributed by atoms with van der Waals surface area (Å²) in [6.07, 6.45) is 3.59. The summed E-state index contributed by atoms with van der Waals surface area (Å²) >= 11 is 0. The number of piperidine rings is 1. The van der Waals surface area contributed by atoms with Gasteiger partial charge in [0, 0.05) is 25.4 Å². The van der Waals surface area contributed by atoms with Crippen LogP contribution in [0.5, 0.6) is 0 Å². The zero-order valence-corrected chi connectivity index (χ0v) is 10.1. The summed E-state index contributed by atoms with van der Waals surface area (Å²) < 4.78 is 0. The number of aliphatic hydroxyl groups is 1. The molecule has 1 fully saturated rings. The molecule has 0 radical (unpaired) electrons. The second-order valence-electron chi connectivity index (χ2n) is 5.08. The summed E-state index contributed by atoms with van der Waals surface area (Å²) in [7, 11) is 0. The van der Waals surface area contributed by atoms with Crippen LogP contribution in [0.3, 0.4) is 0 Å². The third-order valence-electron chi connectivity index (χ3n) is 3.24. The molecule has 88 valence electrons. The van der Waals surface area contributed by atoms with Gasteiger partial charge in [-0.3, -0.25) is 4.79 Å². The molecule has 3 heteroatoms. The summed E-state index contributed by atoms with van der Waals surface area (Å²) in [5.74, 6) is 0.471. The van der Waals surface area contributed by atoms with E-state index in [0.29, 0.717) is 6.42 Å². The lowest BCUT2D eigenvalue weighted by Crippen LogP contribution is -2.46. The van der Waals surface area contributed by atoms with Crippen molar-refractivity contribution in [3.8, 4) is 0 Å². The van der Waals surface area contributed by atoms with Gasteiger partial charge in [-0.2, -0.15) is 0 Å². The minimum absolute atomic E-state index is 0.229. The highest BCUT2D eigenvalue weighted by Gasteiger charge is 2.32. The van der Waals surface area contributed by atoms with Gasteiger partial charge in [-0.1, -0.05) is 6.92 Å². The molecule has 1 atom stereocenters. The molecule has 1 heterocycles. The largest absolute Gasteiger partial charge is 0.390 e. The first-order valence-corrected chi connectivity index (χ1v) is 5.95. The molecule has 0 aliphatic carbocycles. The fourth-order valence-corrected chi connectivity index (χ4v) is 2.15. The maximum atomic E-state index is 11.7. The standard InChI is InChI=1S/C12H23NO2/c1-4-6-11(14)13-8-5-7-10(9-13)12(2,3)15/h10,15H,4-9H2,1-3H3. The third-order valence-corrected chi connectivity index (χ3v) is 3.24. The summed E-state index contributed by atoms with van der Waals surface area (Å²) in [6.45, 7) is 7.29. The monoisotopic (exact) mass is 213 g/mol. The van der Waals surface area contributed by atoms with Crippen molar-refractivity contribution in [2.45, 2.75) is 52.1 Å². The van der Waals surface area contributed by atoms with E-state index >= 15 is 0 Å². The van der Waals surface area contributed by atoms with E-state index in [1.165, 1.54) is 0 Å². The molecular weight excluding hydrogens is 190 g/mol. The molecular formula is C12H23NO2. The molecule has 15 heavy (non-hydrogen) atoms. The van der Waals surface area contributed by atoms with Crippen LogP contribution in [0.15, 0.2) is 0 Å². The summed E-state index contributed by atoms with van der Waals surface area (Å²) in [5.41, 5.74) is -0.662. The first-order valence-electron chi connectivity index (χ1n) is 5.95. The highest BCUT2D eigenvalue weighted by Crippen LogP contribution is 2.27. The van der Waals surface area contributed by atoms with Crippen LogP contribution < -0.4 is 0 Å². The summed E-state index contributed by atoms with van der Waals surface area (Å²) in [5, 5.41) is 9.93. The highest BCUT2D eigenvalue weighted by molar-refractivity contribution is 5.76. The zero-order chi connectivity index (χ0) is 11.5. The molecule has 1 amide bonds. The van der Waals surface area contributed by atoms with Gasteiger partial charge in [-0.25, -0.2) is 0 Å². The predicted octanol–water partition coefficient (Wildman–Crippen LogP) is 1.80. The number of amides is 1. The average Bonchev–Trinajstić information content (AvgIpc) is 2.17. The molecule has 1 aliphatic rings. The Morgan fingerprint density at radius 3 is 2.73 bits per heavy atom. The SMILES string of the molecule is CCCC(=O)N1CCCC(C(C)(C)O)C1. The van der Waals surface area contributed by atoms with Crippen molar-refractivity contribution < 1.29 is 9.90 Å². The predicted molar refractivity (Wildman–Crippen MR) is 60.5 cm³/mol. The van der Waals surface area contributed by atoms with Crippen LogP contribution in [0.2, 0.25) is 0 Å². The second kappa shape index (κ2) is 4.97. The molecule has 1 aliphatic heterocycles. The van der Waals surface area contributed by atoms with Gasteiger partial charge in [0.15, 0.2) is 0 Å². The first-order chi connectivity index (χ1) is 6.95. The van der Waals surface area contributed by atoms with Crippen LogP contribution in [0.4, 0.5) is 0 Å². The molecule has 0 spiro atoms. The van der Waals surface area contributed by atoms with E-state index in [2.05, 4.69) is 0 Å². The highest BCUT2D eigenvalue weighted by atomic mass is 16.3. The van der Waals surface area contributed by atoms with Crippen LogP contribution in [-0.2, 0) is 4.79 Å². The van der Waals surface area contributed by atoms with Crippen molar-refractivity contribution in [1.29, 1.82) is 0 Å². The Hall–Kier alpha value is -0.570. The van der Waals surface area contributed by atoms with Gasteiger partial charge in [-0.05, 0) is 33.1 Å². The average molecular weight is 213 g/mol. The van der Waals surface area contributed by atoms with Crippen LogP contribution in [0.25, 0.3) is 0 Å². The van der Waals surface area contributed by atoms with Crippen LogP contribution in [-0.4, -0.2) is 34.6 Å². The number of hydrogen-bond donors (Lipinski definition) is 1. The summed E-state index contributed by atoms with van der Waals surface area (Å²) in [4.78, 5) is 13.6. The minimum Gasteiger partial charge on any atom is -0.390 e. The van der Waals surface area contributed by atoms with Crippen LogP contribution in [0.1, 0.15) is 46.5 Å². The van der Waals surface area contributed by atoms with Crippen molar-refractivity contribution in [2.75, 3.05) is 13.1 Å². The smallest absolute Gasteiger partial charge is 0.222 e. The van der Waals surface area contributed by atoms with E-state index in [9.17, 15) is 9.90 Å². The zero-order valence-electron chi connectivity index (χ0n) is 10.1. The topological polar surface area (TPSA) is 40.5 Å². The fourth-order valence-electron chi connectivity index (χ4n) is 2.15. The number of nitrogens with zero attached hydrogens (tertiary/aromatic N) is 1. The lowest BCUT2D eigenvalue weighted by Gasteiger charge is -2.38. The van der Waals surface area contributed by atoms with Crippen molar-refractivity contribution >= 4 is 5.91 Å². The third kappa shape index (κ3) is 3.49. The van der Waals surface area contributed by atoms with Gasteiger partial charge in [0.1, 0.15) is 0 Å². The number of hydrogen-bond acceptors (Lipinski definition) is 2. The Bertz CT molecular complexity index is 220. The lowest BCUT2D eigenvalue weighted by molar-refractivity contribution is -0.135. The van der Waals surface area contributed by atoms with Crippen LogP contribution >= 0.6 is 0 Å². The second-order valence-corrected chi connectivity index (χ2v) is 5.08. The first kappa shape index (κ1) is 12.5. The Morgan fingerprint density at radius 1 is 1.53 bits per heavy atom. The summed E-state index contributed by atoms with van der Waals surface area (Å²) in [6, 6.07) is 0. The van der Waals surface area contributed by atoms with Crippen molar-refractivity contribution in [1.82, 2.24) is 4.90 Å². The van der Waals surface area contributed by atoms with Crippen molar-refractivity contribution in [3.05, 3.63) is 0 Å². The molecule has 0 aromatic rings. The van der Waals surface area contributed by atoms with Crippen molar-refractivity contribution in [3.63, 3.8) is 0 Å². The molecule has 0 aromatic carbocycles. The number of carbonyl (C=O) groups excluding carboxylic acids is 1. The van der Waals surface area contributed by atoms with E-state index in [1.807, 2.05) is 25.7 Å². The Balaban J connectivity index is 2.52. The molecule has 0 bridgehead atoms. The molecule has 0 aromatic heterocycles. The molecule has 1 rings (SSSR count). The number of likely N-dealkylation sites (tertiary alicyclic amines) is 1. The normalized spacial score (nSPS) is 22.9. The van der Waals surface area contributed by atoms with Gasteiger partial charge >= 0.3 is 0 Å². The minimum atomic E-state index is -0.662. The van der Waals surface area contributed by atoms with E-state index in [4.69, 9.17) is 0 Å². The molecule has 3 nitrogen and oxygen atoms in total. The molecule has 1 saturated heterocycles. The fraction of sp³-hybridized carbons (Fsp3) is 0.917. The maximum Gasteiger partial charge on any atom is 0.222 e. The quantitative estimate of drug-likeness (QED) is 0.776. The Kier molecular flexibility index (Phi) is 4.14. The van der Waals surface area contributed by atoms with Gasteiger partial charge < -0.3 is 10.0 Å². The van der Waals surface area contributed by atoms with Gasteiger partial charge in [0.05, 0.1) is 5.60 Å².